The van der Waals surface area contributed by atoms with Crippen LogP contribution in [0.1, 0.15) is 30.6 Å². The van der Waals surface area contributed by atoms with Gasteiger partial charge in [0.1, 0.15) is 0 Å². The lowest BCUT2D eigenvalue weighted by atomic mass is 9.97. The molecule has 1 aliphatic rings. The van der Waals surface area contributed by atoms with Gasteiger partial charge in [-0.05, 0) is 13.3 Å². The van der Waals surface area contributed by atoms with Gasteiger partial charge < -0.3 is 10.1 Å². The summed E-state index contributed by atoms with van der Waals surface area (Å²) in [6, 6.07) is 0. The van der Waals surface area contributed by atoms with Crippen LogP contribution in [-0.2, 0) is 24.9 Å². The molecule has 114 valence electrons. The summed E-state index contributed by atoms with van der Waals surface area (Å²) in [7, 11) is 1.94. The zero-order valence-electron chi connectivity index (χ0n) is 12.7. The Morgan fingerprint density at radius 3 is 2.95 bits per heavy atom. The predicted octanol–water partition coefficient (Wildman–Crippen LogP) is 1.50. The topological polar surface area (TPSA) is 56.9 Å². The van der Waals surface area contributed by atoms with Gasteiger partial charge in [0.25, 0.3) is 0 Å². The van der Waals surface area contributed by atoms with Crippen molar-refractivity contribution in [1.82, 2.24) is 24.9 Å². The van der Waals surface area contributed by atoms with Crippen LogP contribution in [0.2, 0.25) is 0 Å². The summed E-state index contributed by atoms with van der Waals surface area (Å²) in [5.41, 5.74) is 2.41. The van der Waals surface area contributed by atoms with E-state index in [0.717, 1.165) is 32.7 Å². The molecule has 6 nitrogen and oxygen atoms in total. The molecule has 2 atom stereocenters. The van der Waals surface area contributed by atoms with Gasteiger partial charge in [-0.25, -0.2) is 0 Å². The van der Waals surface area contributed by atoms with Crippen molar-refractivity contribution in [1.29, 1.82) is 0 Å². The molecule has 0 radical (unpaired) electrons. The maximum Gasteiger partial charge on any atom is 0.0896 e. The fourth-order valence-corrected chi connectivity index (χ4v) is 2.87. The molecular formula is C15H23N5O. The molecule has 2 aromatic heterocycles. The Bertz CT molecular complexity index is 576. The maximum atomic E-state index is 5.88. The number of ether oxygens (including phenoxy) is 1. The molecule has 0 saturated carbocycles. The van der Waals surface area contributed by atoms with Crippen LogP contribution in [0.25, 0.3) is 0 Å². The Balaban J connectivity index is 1.52. The molecule has 3 rings (SSSR count). The molecule has 6 heteroatoms. The number of aryl methyl sites for hydroxylation is 2. The molecule has 0 aromatic carbocycles. The molecule has 3 heterocycles. The summed E-state index contributed by atoms with van der Waals surface area (Å²) < 4.78 is 9.67. The second kappa shape index (κ2) is 6.41. The average Bonchev–Trinajstić information content (AvgIpc) is 3.19. The first-order valence-corrected chi connectivity index (χ1v) is 7.58. The van der Waals surface area contributed by atoms with E-state index in [-0.39, 0.29) is 6.10 Å². The number of hydrogen-bond acceptors (Lipinski definition) is 4. The fourth-order valence-electron chi connectivity index (χ4n) is 2.87. The summed E-state index contributed by atoms with van der Waals surface area (Å²) in [5, 5.41) is 12.1. The SMILES string of the molecule is CCn1cc(CNC[C@@H]2CCO[C@H]2c2cnn(C)c2)cn1. The number of nitrogens with one attached hydrogen (secondary N) is 1. The van der Waals surface area contributed by atoms with E-state index in [1.54, 1.807) is 0 Å². The maximum absolute atomic E-state index is 5.88. The van der Waals surface area contributed by atoms with E-state index in [2.05, 4.69) is 28.6 Å². The van der Waals surface area contributed by atoms with Gasteiger partial charge in [-0.2, -0.15) is 10.2 Å². The molecule has 21 heavy (non-hydrogen) atoms. The molecule has 0 amide bonds. The van der Waals surface area contributed by atoms with Crippen LogP contribution in [0.15, 0.2) is 24.8 Å². The smallest absolute Gasteiger partial charge is 0.0896 e. The molecule has 0 bridgehead atoms. The highest BCUT2D eigenvalue weighted by atomic mass is 16.5. The molecule has 1 N–H and O–H groups in total. The number of nitrogens with zero attached hydrogens (tertiary/aromatic N) is 4. The van der Waals surface area contributed by atoms with Crippen molar-refractivity contribution in [2.45, 2.75) is 32.5 Å². The van der Waals surface area contributed by atoms with Crippen molar-refractivity contribution < 1.29 is 4.74 Å². The predicted molar refractivity (Wildman–Crippen MR) is 79.6 cm³/mol. The normalized spacial score (nSPS) is 22.0. The van der Waals surface area contributed by atoms with Gasteiger partial charge in [-0.1, -0.05) is 0 Å². The summed E-state index contributed by atoms with van der Waals surface area (Å²) in [6.45, 7) is 5.66. The Labute approximate surface area is 125 Å². The highest BCUT2D eigenvalue weighted by molar-refractivity contribution is 5.11. The number of rotatable bonds is 6. The summed E-state index contributed by atoms with van der Waals surface area (Å²) in [4.78, 5) is 0. The highest BCUT2D eigenvalue weighted by Crippen LogP contribution is 2.33. The Hall–Kier alpha value is -1.66. The molecule has 1 saturated heterocycles. The molecule has 1 fully saturated rings. The summed E-state index contributed by atoms with van der Waals surface area (Å²) >= 11 is 0. The molecule has 0 aliphatic carbocycles. The van der Waals surface area contributed by atoms with Gasteiger partial charge in [-0.3, -0.25) is 9.36 Å². The highest BCUT2D eigenvalue weighted by Gasteiger charge is 2.30. The summed E-state index contributed by atoms with van der Waals surface area (Å²) in [5.74, 6) is 0.510. The minimum absolute atomic E-state index is 0.171. The largest absolute Gasteiger partial charge is 0.373 e. The van der Waals surface area contributed by atoms with Crippen LogP contribution >= 0.6 is 0 Å². The minimum atomic E-state index is 0.171. The van der Waals surface area contributed by atoms with Crippen LogP contribution in [0.5, 0.6) is 0 Å². The minimum Gasteiger partial charge on any atom is -0.373 e. The first-order chi connectivity index (χ1) is 10.3. The lowest BCUT2D eigenvalue weighted by Gasteiger charge is -2.17. The molecular weight excluding hydrogens is 266 g/mol. The quantitative estimate of drug-likeness (QED) is 0.875. The average molecular weight is 289 g/mol. The van der Waals surface area contributed by atoms with Crippen molar-refractivity contribution >= 4 is 0 Å². The second-order valence-electron chi connectivity index (χ2n) is 5.62. The Morgan fingerprint density at radius 2 is 2.24 bits per heavy atom. The third-order valence-electron chi connectivity index (χ3n) is 4.01. The van der Waals surface area contributed by atoms with Crippen molar-refractivity contribution in [2.24, 2.45) is 13.0 Å². The van der Waals surface area contributed by atoms with Gasteiger partial charge in [0.2, 0.25) is 0 Å². The monoisotopic (exact) mass is 289 g/mol. The van der Waals surface area contributed by atoms with E-state index in [1.165, 1.54) is 11.1 Å². The second-order valence-corrected chi connectivity index (χ2v) is 5.62. The van der Waals surface area contributed by atoms with Gasteiger partial charge in [0.15, 0.2) is 0 Å². The van der Waals surface area contributed by atoms with Crippen molar-refractivity contribution in [2.75, 3.05) is 13.2 Å². The van der Waals surface area contributed by atoms with Gasteiger partial charge in [0, 0.05) is 62.7 Å². The van der Waals surface area contributed by atoms with Gasteiger partial charge >= 0.3 is 0 Å². The standard InChI is InChI=1S/C15H23N5O/c1-3-20-10-12(7-18-20)6-16-8-13-4-5-21-15(13)14-9-17-19(2)11-14/h7,9-11,13,15-16H,3-6,8H2,1-2H3/t13-,15+/m0/s1. The van der Waals surface area contributed by atoms with Gasteiger partial charge in [0.05, 0.1) is 18.5 Å². The first-order valence-electron chi connectivity index (χ1n) is 7.58. The first kappa shape index (κ1) is 14.3. The molecule has 1 aliphatic heterocycles. The third-order valence-corrected chi connectivity index (χ3v) is 4.01. The van der Waals surface area contributed by atoms with E-state index in [9.17, 15) is 0 Å². The van der Waals surface area contributed by atoms with E-state index >= 15 is 0 Å². The van der Waals surface area contributed by atoms with E-state index in [0.29, 0.717) is 5.92 Å². The van der Waals surface area contributed by atoms with Crippen LogP contribution in [0.4, 0.5) is 0 Å². The molecule has 0 spiro atoms. The lowest BCUT2D eigenvalue weighted by molar-refractivity contribution is 0.0904. The zero-order chi connectivity index (χ0) is 14.7. The van der Waals surface area contributed by atoms with Crippen molar-refractivity contribution in [3.8, 4) is 0 Å². The number of aromatic nitrogens is 4. The van der Waals surface area contributed by atoms with Crippen molar-refractivity contribution in [3.63, 3.8) is 0 Å². The Morgan fingerprint density at radius 1 is 1.33 bits per heavy atom. The van der Waals surface area contributed by atoms with E-state index in [1.807, 2.05) is 35.0 Å². The van der Waals surface area contributed by atoms with Gasteiger partial charge in [-0.15, -0.1) is 0 Å². The summed E-state index contributed by atoms with van der Waals surface area (Å²) in [6.07, 6.45) is 9.25. The third kappa shape index (κ3) is 3.33. The van der Waals surface area contributed by atoms with Crippen LogP contribution in [0.3, 0.4) is 0 Å². The van der Waals surface area contributed by atoms with Crippen LogP contribution < -0.4 is 5.32 Å². The lowest BCUT2D eigenvalue weighted by Crippen LogP contribution is -2.24. The Kier molecular flexibility index (Phi) is 4.36. The fraction of sp³-hybridized carbons (Fsp3) is 0.600. The van der Waals surface area contributed by atoms with Crippen molar-refractivity contribution in [3.05, 3.63) is 35.9 Å². The van der Waals surface area contributed by atoms with E-state index < -0.39 is 0 Å². The molecule has 0 unspecified atom stereocenters. The molecule has 2 aromatic rings. The zero-order valence-corrected chi connectivity index (χ0v) is 12.7. The van der Waals surface area contributed by atoms with Crippen LogP contribution in [-0.4, -0.2) is 32.7 Å². The number of hydrogen-bond donors (Lipinski definition) is 1. The van der Waals surface area contributed by atoms with E-state index in [4.69, 9.17) is 4.74 Å². The van der Waals surface area contributed by atoms with Crippen LogP contribution in [0, 0.1) is 5.92 Å².